The van der Waals surface area contributed by atoms with E-state index in [1.807, 2.05) is 40.3 Å². The highest BCUT2D eigenvalue weighted by Crippen LogP contribution is 2.28. The van der Waals surface area contributed by atoms with Gasteiger partial charge in [0.15, 0.2) is 4.80 Å². The summed E-state index contributed by atoms with van der Waals surface area (Å²) in [4.78, 5) is 26.8. The van der Waals surface area contributed by atoms with E-state index in [1.165, 1.54) is 29.5 Å². The summed E-state index contributed by atoms with van der Waals surface area (Å²) in [7, 11) is 0. The van der Waals surface area contributed by atoms with Crippen LogP contribution in [-0.4, -0.2) is 14.4 Å². The van der Waals surface area contributed by atoms with E-state index >= 15 is 0 Å². The van der Waals surface area contributed by atoms with Gasteiger partial charge >= 0.3 is 0 Å². The van der Waals surface area contributed by atoms with Crippen LogP contribution in [0, 0.1) is 20.2 Å². The zero-order valence-electron chi connectivity index (χ0n) is 16.1. The highest BCUT2D eigenvalue weighted by Gasteiger charge is 2.15. The van der Waals surface area contributed by atoms with Crippen LogP contribution in [0.1, 0.15) is 5.56 Å². The second kappa shape index (κ2) is 8.72. The first-order chi connectivity index (χ1) is 15.0. The van der Waals surface area contributed by atoms with Crippen LogP contribution in [-0.2, 0) is 6.54 Å². The molecule has 0 aliphatic rings. The van der Waals surface area contributed by atoms with Gasteiger partial charge in [0.2, 0.25) is 0 Å². The largest absolute Gasteiger partial charge is 0.312 e. The first-order valence-electron chi connectivity index (χ1n) is 9.28. The highest BCUT2D eigenvalue weighted by molar-refractivity contribution is 7.07. The van der Waals surface area contributed by atoms with Crippen molar-refractivity contribution in [2.45, 2.75) is 6.54 Å². The Labute approximate surface area is 180 Å². The minimum atomic E-state index is -0.463. The van der Waals surface area contributed by atoms with Crippen molar-refractivity contribution < 1.29 is 9.85 Å². The minimum Gasteiger partial charge on any atom is -0.312 e. The van der Waals surface area contributed by atoms with Crippen molar-refractivity contribution in [1.82, 2.24) is 4.57 Å². The number of hydrogen-bond donors (Lipinski definition) is 0. The Balaban J connectivity index is 1.90. The third-order valence-corrected chi connectivity index (χ3v) is 5.49. The second-order valence-electron chi connectivity index (χ2n) is 6.64. The van der Waals surface area contributed by atoms with Gasteiger partial charge in [-0.2, -0.15) is 0 Å². The van der Waals surface area contributed by atoms with E-state index in [0.717, 1.165) is 11.3 Å². The lowest BCUT2D eigenvalue weighted by Gasteiger charge is -2.09. The van der Waals surface area contributed by atoms with Crippen molar-refractivity contribution in [3.05, 3.63) is 115 Å². The summed E-state index contributed by atoms with van der Waals surface area (Å²) in [6.07, 6.45) is 0. The fraction of sp³-hybridized carbons (Fsp3) is 0.0455. The van der Waals surface area contributed by atoms with Crippen molar-refractivity contribution >= 4 is 28.4 Å². The molecule has 4 rings (SSSR count). The molecule has 0 aliphatic heterocycles. The Morgan fingerprint density at radius 1 is 0.871 bits per heavy atom. The summed E-state index contributed by atoms with van der Waals surface area (Å²) in [5.74, 6) is 0. The van der Waals surface area contributed by atoms with Crippen LogP contribution in [0.3, 0.4) is 0 Å². The molecule has 0 amide bonds. The summed E-state index contributed by atoms with van der Waals surface area (Å²) in [5.41, 5.74) is 2.59. The molecule has 0 saturated heterocycles. The number of para-hydroxylation sites is 2. The van der Waals surface area contributed by atoms with E-state index in [9.17, 15) is 20.2 Å². The van der Waals surface area contributed by atoms with E-state index in [2.05, 4.69) is 4.99 Å². The molecular formula is C22H16N4O4S. The lowest BCUT2D eigenvalue weighted by molar-refractivity contribution is -0.384. The average Bonchev–Trinajstić information content (AvgIpc) is 3.17. The van der Waals surface area contributed by atoms with Gasteiger partial charge in [0.25, 0.3) is 11.4 Å². The number of nitrogens with zero attached hydrogens (tertiary/aromatic N) is 4. The van der Waals surface area contributed by atoms with Gasteiger partial charge in [-0.05, 0) is 11.6 Å². The standard InChI is InChI=1S/C22H16N4O4S/c27-25(28)18-10-6-9-17(13-18)21-15-31-22(24(21)14-16-7-2-1-3-8-16)23-19-11-4-5-12-20(19)26(29)30/h1-13,15H,14H2. The summed E-state index contributed by atoms with van der Waals surface area (Å²) >= 11 is 1.32. The molecule has 1 aromatic heterocycles. The highest BCUT2D eigenvalue weighted by atomic mass is 32.1. The van der Waals surface area contributed by atoms with E-state index in [4.69, 9.17) is 0 Å². The van der Waals surface area contributed by atoms with Crippen molar-refractivity contribution in [2.24, 2.45) is 4.99 Å². The number of rotatable bonds is 6. The van der Waals surface area contributed by atoms with E-state index in [1.54, 1.807) is 30.3 Å². The van der Waals surface area contributed by atoms with Gasteiger partial charge in [0, 0.05) is 29.1 Å². The Morgan fingerprint density at radius 3 is 2.35 bits per heavy atom. The zero-order chi connectivity index (χ0) is 21.8. The maximum Gasteiger partial charge on any atom is 0.294 e. The molecule has 8 nitrogen and oxygen atoms in total. The maximum absolute atomic E-state index is 11.4. The predicted octanol–water partition coefficient (Wildman–Crippen LogP) is 5.31. The lowest BCUT2D eigenvalue weighted by Crippen LogP contribution is -2.16. The van der Waals surface area contributed by atoms with Gasteiger partial charge in [-0.25, -0.2) is 4.99 Å². The number of thiazole rings is 1. The quantitative estimate of drug-likeness (QED) is 0.304. The van der Waals surface area contributed by atoms with E-state index in [-0.39, 0.29) is 17.1 Å². The van der Waals surface area contributed by atoms with Gasteiger partial charge in [0.05, 0.1) is 22.1 Å². The van der Waals surface area contributed by atoms with Crippen LogP contribution < -0.4 is 4.80 Å². The van der Waals surface area contributed by atoms with Crippen LogP contribution in [0.15, 0.2) is 89.2 Å². The lowest BCUT2D eigenvalue weighted by atomic mass is 10.1. The molecule has 0 saturated carbocycles. The molecule has 154 valence electrons. The Bertz CT molecular complexity index is 1330. The van der Waals surface area contributed by atoms with E-state index < -0.39 is 9.85 Å². The van der Waals surface area contributed by atoms with Crippen molar-refractivity contribution in [3.8, 4) is 11.3 Å². The molecule has 0 spiro atoms. The molecule has 0 radical (unpaired) electrons. The average molecular weight is 432 g/mol. The second-order valence-corrected chi connectivity index (χ2v) is 7.48. The molecule has 1 heterocycles. The number of non-ortho nitro benzene ring substituents is 1. The molecular weight excluding hydrogens is 416 g/mol. The molecule has 0 atom stereocenters. The summed E-state index contributed by atoms with van der Waals surface area (Å²) in [6.45, 7) is 0.460. The Kier molecular flexibility index (Phi) is 5.67. The zero-order valence-corrected chi connectivity index (χ0v) is 16.9. The van der Waals surface area contributed by atoms with Crippen LogP contribution >= 0.6 is 11.3 Å². The Morgan fingerprint density at radius 2 is 1.61 bits per heavy atom. The van der Waals surface area contributed by atoms with Crippen molar-refractivity contribution in [2.75, 3.05) is 0 Å². The van der Waals surface area contributed by atoms with Gasteiger partial charge in [-0.1, -0.05) is 54.6 Å². The normalized spacial score (nSPS) is 11.4. The number of nitro groups is 2. The molecule has 0 aliphatic carbocycles. The Hall–Kier alpha value is -4.11. The summed E-state index contributed by atoms with van der Waals surface area (Å²) in [6, 6.07) is 22.4. The molecule has 3 aromatic carbocycles. The number of hydrogen-bond acceptors (Lipinski definition) is 6. The first kappa shape index (κ1) is 20.2. The molecule has 31 heavy (non-hydrogen) atoms. The smallest absolute Gasteiger partial charge is 0.294 e. The molecule has 4 aromatic rings. The molecule has 0 fully saturated rings. The fourth-order valence-corrected chi connectivity index (χ4v) is 4.08. The molecule has 9 heteroatoms. The van der Waals surface area contributed by atoms with E-state index in [0.29, 0.717) is 16.9 Å². The van der Waals surface area contributed by atoms with Crippen molar-refractivity contribution in [1.29, 1.82) is 0 Å². The van der Waals surface area contributed by atoms with Crippen LogP contribution in [0.5, 0.6) is 0 Å². The predicted molar refractivity (Wildman–Crippen MR) is 118 cm³/mol. The first-order valence-corrected chi connectivity index (χ1v) is 10.2. The van der Waals surface area contributed by atoms with Gasteiger partial charge in [-0.15, -0.1) is 11.3 Å². The topological polar surface area (TPSA) is 104 Å². The van der Waals surface area contributed by atoms with Crippen LogP contribution in [0.4, 0.5) is 17.1 Å². The van der Waals surface area contributed by atoms with Crippen LogP contribution in [0.25, 0.3) is 11.3 Å². The fourth-order valence-electron chi connectivity index (χ4n) is 3.16. The third-order valence-electron chi connectivity index (χ3n) is 4.63. The number of nitro benzene ring substituents is 2. The molecule has 0 N–H and O–H groups in total. The number of aromatic nitrogens is 1. The third kappa shape index (κ3) is 4.41. The minimum absolute atomic E-state index is 0.00727. The van der Waals surface area contributed by atoms with Crippen LogP contribution in [0.2, 0.25) is 0 Å². The monoisotopic (exact) mass is 432 g/mol. The molecule has 0 bridgehead atoms. The summed E-state index contributed by atoms with van der Waals surface area (Å²) < 4.78 is 1.91. The van der Waals surface area contributed by atoms with Gasteiger partial charge < -0.3 is 4.57 Å². The van der Waals surface area contributed by atoms with Crippen molar-refractivity contribution in [3.63, 3.8) is 0 Å². The SMILES string of the molecule is O=[N+]([O-])c1cccc(-c2csc(=Nc3ccccc3[N+](=O)[O-])n2Cc2ccccc2)c1. The number of benzene rings is 3. The van der Waals surface area contributed by atoms with Gasteiger partial charge in [0.1, 0.15) is 5.69 Å². The molecule has 0 unspecified atom stereocenters. The van der Waals surface area contributed by atoms with Gasteiger partial charge in [-0.3, -0.25) is 20.2 Å². The summed E-state index contributed by atoms with van der Waals surface area (Å²) in [5, 5.41) is 24.5. The maximum atomic E-state index is 11.4.